The van der Waals surface area contributed by atoms with Gasteiger partial charge in [-0.2, -0.15) is 0 Å². The number of rotatable bonds is 10. The van der Waals surface area contributed by atoms with Crippen LogP contribution in [0.15, 0.2) is 24.0 Å². The summed E-state index contributed by atoms with van der Waals surface area (Å²) in [5.41, 5.74) is 8.15. The van der Waals surface area contributed by atoms with Crippen molar-refractivity contribution in [3.63, 3.8) is 0 Å². The first kappa shape index (κ1) is 27.8. The minimum absolute atomic E-state index is 0.0903. The molecule has 0 fully saturated rings. The molecule has 0 saturated carbocycles. The van der Waals surface area contributed by atoms with Crippen molar-refractivity contribution in [1.29, 1.82) is 0 Å². The van der Waals surface area contributed by atoms with Crippen LogP contribution in [0, 0.1) is 20.8 Å². The van der Waals surface area contributed by atoms with Gasteiger partial charge in [-0.15, -0.1) is 22.7 Å². The zero-order valence-electron chi connectivity index (χ0n) is 23.0. The SMILES string of the molecule is COC(=O)c1nc(-c2nc(-c3csc(-c4nc(-c5csc([C@H](CCCN)N(C)C)n5)c(C)o4)n3)oc2C)oc1C. The lowest BCUT2D eigenvalue weighted by Crippen LogP contribution is -2.20. The van der Waals surface area contributed by atoms with E-state index in [9.17, 15) is 4.79 Å². The van der Waals surface area contributed by atoms with Crippen LogP contribution in [0.3, 0.4) is 0 Å². The molecule has 0 unspecified atom stereocenters. The van der Waals surface area contributed by atoms with E-state index in [1.165, 1.54) is 18.4 Å². The molecule has 5 aromatic rings. The second-order valence-electron chi connectivity index (χ2n) is 9.28. The number of aryl methyl sites for hydroxylation is 3. The molecule has 0 aliphatic rings. The van der Waals surface area contributed by atoms with E-state index in [4.69, 9.17) is 33.7 Å². The van der Waals surface area contributed by atoms with Crippen molar-refractivity contribution in [3.05, 3.63) is 38.7 Å². The van der Waals surface area contributed by atoms with E-state index in [1.807, 2.05) is 31.8 Å². The minimum atomic E-state index is -0.586. The molecule has 0 radical (unpaired) electrons. The molecule has 1 atom stereocenters. The Labute approximate surface area is 238 Å². The number of carbonyl (C=O) groups excluding carboxylic acids is 1. The molecule has 0 aliphatic carbocycles. The van der Waals surface area contributed by atoms with Gasteiger partial charge in [-0.25, -0.2) is 29.7 Å². The molecule has 0 aromatic carbocycles. The van der Waals surface area contributed by atoms with Gasteiger partial charge < -0.3 is 28.6 Å². The van der Waals surface area contributed by atoms with Gasteiger partial charge in [0.2, 0.25) is 11.8 Å². The molecule has 0 bridgehead atoms. The van der Waals surface area contributed by atoms with E-state index in [-0.39, 0.29) is 23.5 Å². The number of ether oxygens (including phenoxy) is 1. The number of aromatic nitrogens is 5. The van der Waals surface area contributed by atoms with Gasteiger partial charge >= 0.3 is 5.97 Å². The maximum absolute atomic E-state index is 11.9. The summed E-state index contributed by atoms with van der Waals surface area (Å²) in [6.07, 6.45) is 1.86. The van der Waals surface area contributed by atoms with Crippen molar-refractivity contribution in [3.8, 4) is 45.5 Å². The summed E-state index contributed by atoms with van der Waals surface area (Å²) in [7, 11) is 5.38. The molecule has 5 aromatic heterocycles. The Morgan fingerprint density at radius 3 is 2.30 bits per heavy atom. The van der Waals surface area contributed by atoms with Gasteiger partial charge in [-0.05, 0) is 54.3 Å². The molecule has 2 N–H and O–H groups in total. The highest BCUT2D eigenvalue weighted by atomic mass is 32.1. The average Bonchev–Trinajstić information content (AvgIpc) is 3.74. The Hall–Kier alpha value is -3.72. The number of nitrogens with zero attached hydrogens (tertiary/aromatic N) is 6. The van der Waals surface area contributed by atoms with Crippen LogP contribution < -0.4 is 5.73 Å². The summed E-state index contributed by atoms with van der Waals surface area (Å²) in [5.74, 6) is 1.70. The molecule has 5 heterocycles. The third kappa shape index (κ3) is 5.35. The fraction of sp³-hybridized carbons (Fsp3) is 0.385. The quantitative estimate of drug-likeness (QED) is 0.212. The fourth-order valence-corrected chi connectivity index (χ4v) is 5.90. The number of oxazole rings is 3. The Morgan fingerprint density at radius 1 is 0.900 bits per heavy atom. The summed E-state index contributed by atoms with van der Waals surface area (Å²) < 4.78 is 22.2. The average molecular weight is 584 g/mol. The summed E-state index contributed by atoms with van der Waals surface area (Å²) in [5, 5.41) is 5.41. The zero-order valence-corrected chi connectivity index (χ0v) is 24.6. The number of esters is 1. The molecule has 12 nitrogen and oxygen atoms in total. The Morgan fingerprint density at radius 2 is 1.57 bits per heavy atom. The molecule has 210 valence electrons. The van der Waals surface area contributed by atoms with Gasteiger partial charge in [0, 0.05) is 10.8 Å². The molecule has 0 amide bonds. The van der Waals surface area contributed by atoms with Crippen molar-refractivity contribution in [2.45, 2.75) is 39.7 Å². The summed E-state index contributed by atoms with van der Waals surface area (Å²) in [6.45, 7) is 5.88. The Balaban J connectivity index is 1.39. The Bertz CT molecular complexity index is 1640. The van der Waals surface area contributed by atoms with Crippen molar-refractivity contribution < 1.29 is 22.8 Å². The topological polar surface area (TPSA) is 159 Å². The molecule has 14 heteroatoms. The van der Waals surface area contributed by atoms with Crippen LogP contribution in [0.5, 0.6) is 0 Å². The highest BCUT2D eigenvalue weighted by molar-refractivity contribution is 7.13. The fourth-order valence-electron chi connectivity index (χ4n) is 4.15. The number of carbonyl (C=O) groups is 1. The third-order valence-corrected chi connectivity index (χ3v) is 8.01. The predicted molar refractivity (Wildman–Crippen MR) is 150 cm³/mol. The number of nitrogens with two attached hydrogens (primary N) is 1. The van der Waals surface area contributed by atoms with E-state index in [2.05, 4.69) is 19.9 Å². The van der Waals surface area contributed by atoms with E-state index in [0.29, 0.717) is 51.8 Å². The maximum Gasteiger partial charge on any atom is 0.360 e. The smallest absolute Gasteiger partial charge is 0.360 e. The molecular formula is C26H29N7O5S2. The van der Waals surface area contributed by atoms with Crippen LogP contribution in [0.25, 0.3) is 45.5 Å². The maximum atomic E-state index is 11.9. The van der Waals surface area contributed by atoms with Crippen LogP contribution >= 0.6 is 22.7 Å². The van der Waals surface area contributed by atoms with Gasteiger partial charge in [-0.1, -0.05) is 0 Å². The van der Waals surface area contributed by atoms with E-state index in [1.54, 1.807) is 25.2 Å². The normalized spacial score (nSPS) is 12.4. The first-order valence-electron chi connectivity index (χ1n) is 12.5. The highest BCUT2D eigenvalue weighted by Crippen LogP contribution is 2.36. The lowest BCUT2D eigenvalue weighted by Gasteiger charge is -2.21. The van der Waals surface area contributed by atoms with Crippen molar-refractivity contribution >= 4 is 28.6 Å². The summed E-state index contributed by atoms with van der Waals surface area (Å²) >= 11 is 2.96. The monoisotopic (exact) mass is 583 g/mol. The van der Waals surface area contributed by atoms with E-state index < -0.39 is 5.97 Å². The van der Waals surface area contributed by atoms with Gasteiger partial charge in [0.25, 0.3) is 5.89 Å². The molecule has 0 saturated heterocycles. The predicted octanol–water partition coefficient (Wildman–Crippen LogP) is 5.29. The number of thiazole rings is 2. The second kappa shape index (κ2) is 11.4. The second-order valence-corrected chi connectivity index (χ2v) is 11.0. The van der Waals surface area contributed by atoms with Gasteiger partial charge in [0.15, 0.2) is 16.4 Å². The molecule has 40 heavy (non-hydrogen) atoms. The minimum Gasteiger partial charge on any atom is -0.464 e. The lowest BCUT2D eigenvalue weighted by atomic mass is 10.1. The molecular weight excluding hydrogens is 554 g/mol. The van der Waals surface area contributed by atoms with E-state index >= 15 is 0 Å². The van der Waals surface area contributed by atoms with Crippen LogP contribution in [0.1, 0.15) is 51.7 Å². The van der Waals surface area contributed by atoms with Gasteiger partial charge in [0.05, 0.1) is 13.2 Å². The van der Waals surface area contributed by atoms with Crippen molar-refractivity contribution in [2.75, 3.05) is 27.7 Å². The third-order valence-electron chi connectivity index (χ3n) is 6.23. The number of methoxy groups -OCH3 is 1. The van der Waals surface area contributed by atoms with E-state index in [0.717, 1.165) is 23.5 Å². The molecule has 0 spiro atoms. The first-order chi connectivity index (χ1) is 19.2. The van der Waals surface area contributed by atoms with Crippen molar-refractivity contribution in [1.82, 2.24) is 29.8 Å². The summed E-state index contributed by atoms with van der Waals surface area (Å²) in [4.78, 5) is 37.1. The zero-order chi connectivity index (χ0) is 28.6. The van der Waals surface area contributed by atoms with Crippen LogP contribution in [-0.4, -0.2) is 63.5 Å². The first-order valence-corrected chi connectivity index (χ1v) is 14.3. The standard InChI is InChI=1S/C26H29N7O5S2/c1-12-18(15-10-39-24(28-15)17(33(4)5)8-7-9-27)30-23(38-12)25-29-16(11-40-25)21-31-19(13(2)36-21)22-32-20(14(3)37-22)26(34)35-6/h10-11,17H,7-9,27H2,1-6H3/t17-/m0/s1. The largest absolute Gasteiger partial charge is 0.464 e. The van der Waals surface area contributed by atoms with Gasteiger partial charge in [0.1, 0.15) is 39.4 Å². The summed E-state index contributed by atoms with van der Waals surface area (Å²) in [6, 6.07) is 0.192. The van der Waals surface area contributed by atoms with Crippen LogP contribution in [-0.2, 0) is 4.74 Å². The molecule has 5 rings (SSSR count). The highest BCUT2D eigenvalue weighted by Gasteiger charge is 2.25. The molecule has 0 aliphatic heterocycles. The Kier molecular flexibility index (Phi) is 7.94. The van der Waals surface area contributed by atoms with Gasteiger partial charge in [-0.3, -0.25) is 0 Å². The van der Waals surface area contributed by atoms with Crippen LogP contribution in [0.4, 0.5) is 0 Å². The van der Waals surface area contributed by atoms with Crippen molar-refractivity contribution in [2.24, 2.45) is 5.73 Å². The van der Waals surface area contributed by atoms with Crippen LogP contribution in [0.2, 0.25) is 0 Å². The number of hydrogen-bond acceptors (Lipinski definition) is 14. The lowest BCUT2D eigenvalue weighted by molar-refractivity contribution is 0.0593. The number of hydrogen-bond donors (Lipinski definition) is 1.